The number of nitro benzene ring substituents is 1. The number of ether oxygens (including phenoxy) is 3. The van der Waals surface area contributed by atoms with Gasteiger partial charge in [0, 0.05) is 12.6 Å². The summed E-state index contributed by atoms with van der Waals surface area (Å²) in [6.07, 6.45) is 1.28. The zero-order valence-corrected chi connectivity index (χ0v) is 15.0. The van der Waals surface area contributed by atoms with Gasteiger partial charge in [0.2, 0.25) is 0 Å². The minimum atomic E-state index is -0.561. The predicted octanol–water partition coefficient (Wildman–Crippen LogP) is 3.38. The number of nitrogens with zero attached hydrogens (tertiary/aromatic N) is 2. The standard InChI is InChI=1S/C17H24N2O6/c1-17(2,3)25-16(20)18-9-5-6-13(18)11-24-15-10-12(19(21)22)7-8-14(15)23-4/h7-8,10,13H,5-6,9,11H2,1-4H3. The van der Waals surface area contributed by atoms with Crippen LogP contribution < -0.4 is 9.47 Å². The number of nitro groups is 1. The van der Waals surface area contributed by atoms with Gasteiger partial charge in [-0.15, -0.1) is 0 Å². The molecular formula is C17H24N2O6. The molecule has 0 aliphatic carbocycles. The van der Waals surface area contributed by atoms with Crippen LogP contribution in [0.15, 0.2) is 18.2 Å². The third-order valence-electron chi connectivity index (χ3n) is 3.79. The molecule has 0 spiro atoms. The van der Waals surface area contributed by atoms with E-state index in [0.29, 0.717) is 12.3 Å². The van der Waals surface area contributed by atoms with Crippen LogP contribution in [0.3, 0.4) is 0 Å². The zero-order valence-electron chi connectivity index (χ0n) is 15.0. The summed E-state index contributed by atoms with van der Waals surface area (Å²) in [6.45, 7) is 6.28. The quantitative estimate of drug-likeness (QED) is 0.596. The fourth-order valence-electron chi connectivity index (χ4n) is 2.65. The van der Waals surface area contributed by atoms with Crippen molar-refractivity contribution in [3.05, 3.63) is 28.3 Å². The molecular weight excluding hydrogens is 328 g/mol. The summed E-state index contributed by atoms with van der Waals surface area (Å²) < 4.78 is 16.3. The molecule has 0 N–H and O–H groups in total. The first-order valence-corrected chi connectivity index (χ1v) is 8.16. The third kappa shape index (κ3) is 4.98. The summed E-state index contributed by atoms with van der Waals surface area (Å²) in [5, 5.41) is 10.9. The van der Waals surface area contributed by atoms with Crippen molar-refractivity contribution in [2.24, 2.45) is 0 Å². The molecule has 2 rings (SSSR count). The highest BCUT2D eigenvalue weighted by Crippen LogP contribution is 2.32. The van der Waals surface area contributed by atoms with Gasteiger partial charge < -0.3 is 19.1 Å². The highest BCUT2D eigenvalue weighted by molar-refractivity contribution is 5.69. The Hall–Kier alpha value is -2.51. The Balaban J connectivity index is 2.06. The van der Waals surface area contributed by atoms with Crippen LogP contribution in [0.4, 0.5) is 10.5 Å². The van der Waals surface area contributed by atoms with Crippen LogP contribution in [0.2, 0.25) is 0 Å². The van der Waals surface area contributed by atoms with Gasteiger partial charge in [0.05, 0.1) is 24.1 Å². The maximum absolute atomic E-state index is 12.3. The van der Waals surface area contributed by atoms with Crippen molar-refractivity contribution in [3.63, 3.8) is 0 Å². The number of rotatable bonds is 5. The molecule has 0 saturated carbocycles. The molecule has 1 unspecified atom stereocenters. The molecule has 8 nitrogen and oxygen atoms in total. The summed E-state index contributed by atoms with van der Waals surface area (Å²) in [7, 11) is 1.47. The van der Waals surface area contributed by atoms with E-state index in [9.17, 15) is 14.9 Å². The van der Waals surface area contributed by atoms with Crippen LogP contribution in [0.25, 0.3) is 0 Å². The molecule has 1 aliphatic heterocycles. The maximum Gasteiger partial charge on any atom is 0.410 e. The normalized spacial score (nSPS) is 17.3. The topological polar surface area (TPSA) is 91.1 Å². The lowest BCUT2D eigenvalue weighted by Gasteiger charge is -2.28. The number of methoxy groups -OCH3 is 1. The molecule has 1 aliphatic rings. The monoisotopic (exact) mass is 352 g/mol. The highest BCUT2D eigenvalue weighted by atomic mass is 16.6. The molecule has 0 bridgehead atoms. The third-order valence-corrected chi connectivity index (χ3v) is 3.79. The number of carbonyl (C=O) groups is 1. The Morgan fingerprint density at radius 2 is 2.08 bits per heavy atom. The minimum absolute atomic E-state index is 0.0776. The van der Waals surface area contributed by atoms with Crippen molar-refractivity contribution in [2.75, 3.05) is 20.3 Å². The molecule has 1 amide bonds. The first-order valence-electron chi connectivity index (χ1n) is 8.16. The van der Waals surface area contributed by atoms with Crippen molar-refractivity contribution >= 4 is 11.8 Å². The lowest BCUT2D eigenvalue weighted by atomic mass is 10.2. The van der Waals surface area contributed by atoms with E-state index in [1.54, 1.807) is 4.90 Å². The van der Waals surface area contributed by atoms with Gasteiger partial charge in [-0.3, -0.25) is 10.1 Å². The van der Waals surface area contributed by atoms with E-state index in [1.807, 2.05) is 20.8 Å². The van der Waals surface area contributed by atoms with Gasteiger partial charge in [-0.05, 0) is 39.7 Å². The molecule has 0 radical (unpaired) electrons. The van der Waals surface area contributed by atoms with Crippen LogP contribution in [-0.2, 0) is 4.74 Å². The summed E-state index contributed by atoms with van der Waals surface area (Å²) in [6, 6.07) is 4.03. The summed E-state index contributed by atoms with van der Waals surface area (Å²) in [4.78, 5) is 24.4. The van der Waals surface area contributed by atoms with Crippen molar-refractivity contribution in [2.45, 2.75) is 45.3 Å². The molecule has 8 heteroatoms. The summed E-state index contributed by atoms with van der Waals surface area (Å²) >= 11 is 0. The maximum atomic E-state index is 12.3. The lowest BCUT2D eigenvalue weighted by Crippen LogP contribution is -2.42. The summed E-state index contributed by atoms with van der Waals surface area (Å²) in [5.41, 5.74) is -0.639. The van der Waals surface area contributed by atoms with Crippen LogP contribution >= 0.6 is 0 Å². The van der Waals surface area contributed by atoms with Crippen LogP contribution in [0, 0.1) is 10.1 Å². The number of likely N-dealkylation sites (tertiary alicyclic amines) is 1. The van der Waals surface area contributed by atoms with Crippen LogP contribution in [0.5, 0.6) is 11.5 Å². The Morgan fingerprint density at radius 3 is 2.68 bits per heavy atom. The molecule has 1 fully saturated rings. The number of non-ortho nitro benzene ring substituents is 1. The van der Waals surface area contributed by atoms with Crippen LogP contribution in [0.1, 0.15) is 33.6 Å². The van der Waals surface area contributed by atoms with E-state index in [-0.39, 0.29) is 30.2 Å². The first kappa shape index (κ1) is 18.8. The van der Waals surface area contributed by atoms with E-state index < -0.39 is 10.5 Å². The van der Waals surface area contributed by atoms with Crippen LogP contribution in [-0.4, -0.2) is 47.8 Å². The van der Waals surface area contributed by atoms with E-state index in [1.165, 1.54) is 25.3 Å². The largest absolute Gasteiger partial charge is 0.493 e. The second-order valence-electron chi connectivity index (χ2n) is 6.87. The lowest BCUT2D eigenvalue weighted by molar-refractivity contribution is -0.385. The second-order valence-corrected chi connectivity index (χ2v) is 6.87. The van der Waals surface area contributed by atoms with Gasteiger partial charge in [-0.2, -0.15) is 0 Å². The van der Waals surface area contributed by atoms with Gasteiger partial charge in [0.15, 0.2) is 11.5 Å². The van der Waals surface area contributed by atoms with Gasteiger partial charge in [0.1, 0.15) is 12.2 Å². The fourth-order valence-corrected chi connectivity index (χ4v) is 2.65. The zero-order chi connectivity index (χ0) is 18.6. The van der Waals surface area contributed by atoms with E-state index in [0.717, 1.165) is 12.8 Å². The molecule has 25 heavy (non-hydrogen) atoms. The Labute approximate surface area is 146 Å². The Kier molecular flexibility index (Phi) is 5.71. The smallest absolute Gasteiger partial charge is 0.410 e. The van der Waals surface area contributed by atoms with E-state index in [2.05, 4.69) is 0 Å². The molecule has 1 aromatic rings. The molecule has 0 aromatic heterocycles. The molecule has 1 aromatic carbocycles. The average Bonchev–Trinajstić information content (AvgIpc) is 2.99. The van der Waals surface area contributed by atoms with Crippen molar-refractivity contribution in [3.8, 4) is 11.5 Å². The van der Waals surface area contributed by atoms with Gasteiger partial charge in [-0.25, -0.2) is 4.79 Å². The number of benzene rings is 1. The van der Waals surface area contributed by atoms with Crippen molar-refractivity contribution < 1.29 is 23.9 Å². The molecule has 1 saturated heterocycles. The number of hydrogen-bond acceptors (Lipinski definition) is 6. The summed E-state index contributed by atoms with van der Waals surface area (Å²) in [5.74, 6) is 0.695. The minimum Gasteiger partial charge on any atom is -0.493 e. The molecule has 1 atom stereocenters. The Bertz CT molecular complexity index is 641. The van der Waals surface area contributed by atoms with E-state index >= 15 is 0 Å². The number of hydrogen-bond donors (Lipinski definition) is 0. The molecule has 138 valence electrons. The first-order chi connectivity index (χ1) is 11.7. The highest BCUT2D eigenvalue weighted by Gasteiger charge is 2.32. The second kappa shape index (κ2) is 7.58. The van der Waals surface area contributed by atoms with Gasteiger partial charge in [0.25, 0.3) is 5.69 Å². The predicted molar refractivity (Wildman–Crippen MR) is 91.1 cm³/mol. The van der Waals surface area contributed by atoms with E-state index in [4.69, 9.17) is 14.2 Å². The number of carbonyl (C=O) groups excluding carboxylic acids is 1. The average molecular weight is 352 g/mol. The van der Waals surface area contributed by atoms with Crippen molar-refractivity contribution in [1.82, 2.24) is 4.90 Å². The number of amides is 1. The van der Waals surface area contributed by atoms with Gasteiger partial charge >= 0.3 is 6.09 Å². The fraction of sp³-hybridized carbons (Fsp3) is 0.588. The Morgan fingerprint density at radius 1 is 1.36 bits per heavy atom. The SMILES string of the molecule is COc1ccc([N+](=O)[O-])cc1OCC1CCCN1C(=O)OC(C)(C)C. The molecule has 1 heterocycles. The van der Waals surface area contributed by atoms with Gasteiger partial charge in [-0.1, -0.05) is 0 Å². The van der Waals surface area contributed by atoms with Crippen molar-refractivity contribution in [1.29, 1.82) is 0 Å².